The van der Waals surface area contributed by atoms with Gasteiger partial charge in [0, 0.05) is 4.47 Å². The molecular weight excluding hydrogens is 236 g/mol. The van der Waals surface area contributed by atoms with Crippen LogP contribution in [0.1, 0.15) is 43.4 Å². The van der Waals surface area contributed by atoms with Crippen molar-refractivity contribution in [3.8, 4) is 0 Å². The van der Waals surface area contributed by atoms with Gasteiger partial charge in [-0.25, -0.2) is 0 Å². The zero-order chi connectivity index (χ0) is 11.1. The Labute approximate surface area is 96.9 Å². The largest absolute Gasteiger partial charge is 0.0654 e. The normalized spacial score (nSPS) is 9.29. The molecule has 0 fully saturated rings. The molecule has 1 heteroatoms. The molecule has 0 N–H and O–H groups in total. The molecular formula is C13H21Br. The van der Waals surface area contributed by atoms with Gasteiger partial charge in [0.25, 0.3) is 0 Å². The summed E-state index contributed by atoms with van der Waals surface area (Å²) in [6.07, 6.45) is 2.64. The third kappa shape index (κ3) is 4.80. The van der Waals surface area contributed by atoms with Crippen molar-refractivity contribution < 1.29 is 0 Å². The van der Waals surface area contributed by atoms with Crippen LogP contribution < -0.4 is 0 Å². The number of aryl methyl sites for hydroxylation is 3. The van der Waals surface area contributed by atoms with E-state index in [1.165, 1.54) is 34.0 Å². The van der Waals surface area contributed by atoms with E-state index in [2.05, 4.69) is 62.7 Å². The molecule has 0 saturated heterocycles. The van der Waals surface area contributed by atoms with Gasteiger partial charge in [0.2, 0.25) is 0 Å². The van der Waals surface area contributed by atoms with Crippen LogP contribution in [0.4, 0.5) is 0 Å². The predicted octanol–water partition coefficient (Wildman–Crippen LogP) is 5.18. The summed E-state index contributed by atoms with van der Waals surface area (Å²) in [5.74, 6) is 0. The number of benzene rings is 1. The highest BCUT2D eigenvalue weighted by atomic mass is 79.9. The lowest BCUT2D eigenvalue weighted by Gasteiger charge is -2.03. The van der Waals surface area contributed by atoms with Gasteiger partial charge in [-0.05, 0) is 31.9 Å². The highest BCUT2D eigenvalue weighted by molar-refractivity contribution is 9.10. The first kappa shape index (κ1) is 13.7. The Bertz CT molecular complexity index is 252. The zero-order valence-corrected chi connectivity index (χ0v) is 11.5. The van der Waals surface area contributed by atoms with Crippen molar-refractivity contribution >= 4 is 15.9 Å². The molecule has 80 valence electrons. The van der Waals surface area contributed by atoms with Gasteiger partial charge in [-0.2, -0.15) is 0 Å². The molecule has 0 heterocycles. The van der Waals surface area contributed by atoms with Gasteiger partial charge in [-0.1, -0.05) is 60.3 Å². The van der Waals surface area contributed by atoms with Crippen LogP contribution in [-0.2, 0) is 0 Å². The fourth-order valence-corrected chi connectivity index (χ4v) is 1.39. The van der Waals surface area contributed by atoms with Crippen LogP contribution in [0, 0.1) is 20.8 Å². The fourth-order valence-electron chi connectivity index (χ4n) is 1.16. The average Bonchev–Trinajstić information content (AvgIpc) is 2.14. The van der Waals surface area contributed by atoms with Gasteiger partial charge in [0.15, 0.2) is 0 Å². The lowest BCUT2D eigenvalue weighted by Crippen LogP contribution is -1.82. The summed E-state index contributed by atoms with van der Waals surface area (Å²) in [7, 11) is 0. The highest BCUT2D eigenvalue weighted by Crippen LogP contribution is 2.21. The lowest BCUT2D eigenvalue weighted by molar-refractivity contribution is 0.886. The van der Waals surface area contributed by atoms with E-state index in [1.54, 1.807) is 0 Å². The SMILES string of the molecule is CCCC.Cc1cc(C)c(Br)c(C)c1. The van der Waals surface area contributed by atoms with Crippen molar-refractivity contribution in [2.24, 2.45) is 0 Å². The Morgan fingerprint density at radius 1 is 0.929 bits per heavy atom. The van der Waals surface area contributed by atoms with Crippen molar-refractivity contribution in [1.29, 1.82) is 0 Å². The Kier molecular flexibility index (Phi) is 6.90. The Morgan fingerprint density at radius 3 is 1.57 bits per heavy atom. The van der Waals surface area contributed by atoms with E-state index in [0.29, 0.717) is 0 Å². The van der Waals surface area contributed by atoms with E-state index < -0.39 is 0 Å². The van der Waals surface area contributed by atoms with Crippen molar-refractivity contribution in [2.45, 2.75) is 47.5 Å². The second kappa shape index (κ2) is 7.05. The minimum absolute atomic E-state index is 1.23. The van der Waals surface area contributed by atoms with Crippen molar-refractivity contribution in [3.63, 3.8) is 0 Å². The molecule has 0 aliphatic rings. The van der Waals surface area contributed by atoms with Gasteiger partial charge in [-0.3, -0.25) is 0 Å². The average molecular weight is 257 g/mol. The zero-order valence-electron chi connectivity index (χ0n) is 9.95. The summed E-state index contributed by atoms with van der Waals surface area (Å²) in [5.41, 5.74) is 3.97. The second-order valence-corrected chi connectivity index (χ2v) is 4.51. The molecule has 0 spiro atoms. The van der Waals surface area contributed by atoms with E-state index in [-0.39, 0.29) is 0 Å². The Hall–Kier alpha value is -0.300. The van der Waals surface area contributed by atoms with Gasteiger partial charge >= 0.3 is 0 Å². The molecule has 0 bridgehead atoms. The maximum absolute atomic E-state index is 3.51. The highest BCUT2D eigenvalue weighted by Gasteiger charge is 1.97. The van der Waals surface area contributed by atoms with Crippen LogP contribution in [-0.4, -0.2) is 0 Å². The minimum Gasteiger partial charge on any atom is -0.0654 e. The first-order valence-corrected chi connectivity index (χ1v) is 6.05. The number of rotatable bonds is 1. The topological polar surface area (TPSA) is 0 Å². The van der Waals surface area contributed by atoms with Crippen LogP contribution in [0.15, 0.2) is 16.6 Å². The second-order valence-electron chi connectivity index (χ2n) is 3.71. The number of hydrogen-bond donors (Lipinski definition) is 0. The standard InChI is InChI=1S/C9H11Br.C4H10/c1-6-4-7(2)9(10)8(3)5-6;1-3-4-2/h4-5H,1-3H3;3-4H2,1-2H3. The maximum atomic E-state index is 3.51. The summed E-state index contributed by atoms with van der Waals surface area (Å²) in [4.78, 5) is 0. The van der Waals surface area contributed by atoms with Crippen molar-refractivity contribution in [2.75, 3.05) is 0 Å². The summed E-state index contributed by atoms with van der Waals surface area (Å²) in [6.45, 7) is 10.7. The third-order valence-corrected chi connectivity index (χ3v) is 3.33. The smallest absolute Gasteiger partial charge is 0.0233 e. The van der Waals surface area contributed by atoms with E-state index in [0.717, 1.165) is 0 Å². The first-order valence-electron chi connectivity index (χ1n) is 5.26. The summed E-state index contributed by atoms with van der Waals surface area (Å²) in [5, 5.41) is 0. The van der Waals surface area contributed by atoms with Gasteiger partial charge < -0.3 is 0 Å². The monoisotopic (exact) mass is 256 g/mol. The van der Waals surface area contributed by atoms with Crippen LogP contribution in [0.3, 0.4) is 0 Å². The molecule has 1 rings (SSSR count). The molecule has 0 aliphatic heterocycles. The summed E-state index contributed by atoms with van der Waals surface area (Å²) in [6, 6.07) is 4.36. The molecule has 1 aromatic carbocycles. The van der Waals surface area contributed by atoms with E-state index in [9.17, 15) is 0 Å². The molecule has 0 amide bonds. The fraction of sp³-hybridized carbons (Fsp3) is 0.538. The molecule has 0 saturated carbocycles. The molecule has 0 nitrogen and oxygen atoms in total. The molecule has 14 heavy (non-hydrogen) atoms. The molecule has 0 atom stereocenters. The summed E-state index contributed by atoms with van der Waals surface area (Å²) < 4.78 is 1.23. The Morgan fingerprint density at radius 2 is 1.29 bits per heavy atom. The van der Waals surface area contributed by atoms with E-state index >= 15 is 0 Å². The van der Waals surface area contributed by atoms with E-state index in [1.807, 2.05) is 0 Å². The molecule has 0 radical (unpaired) electrons. The maximum Gasteiger partial charge on any atom is 0.0233 e. The van der Waals surface area contributed by atoms with Crippen LogP contribution in [0.25, 0.3) is 0 Å². The number of hydrogen-bond acceptors (Lipinski definition) is 0. The first-order chi connectivity index (χ1) is 6.52. The number of halogens is 1. The quantitative estimate of drug-likeness (QED) is 0.650. The lowest BCUT2D eigenvalue weighted by atomic mass is 10.1. The van der Waals surface area contributed by atoms with Gasteiger partial charge in [0.05, 0.1) is 0 Å². The minimum atomic E-state index is 1.23. The molecule has 0 aromatic heterocycles. The van der Waals surface area contributed by atoms with Gasteiger partial charge in [-0.15, -0.1) is 0 Å². The van der Waals surface area contributed by atoms with Crippen LogP contribution in [0.5, 0.6) is 0 Å². The van der Waals surface area contributed by atoms with Crippen LogP contribution in [0.2, 0.25) is 0 Å². The third-order valence-electron chi connectivity index (χ3n) is 2.08. The Balaban J connectivity index is 0.000000364. The van der Waals surface area contributed by atoms with Gasteiger partial charge in [0.1, 0.15) is 0 Å². The molecule has 1 aromatic rings. The number of unbranched alkanes of at least 4 members (excludes halogenated alkanes) is 1. The van der Waals surface area contributed by atoms with Crippen molar-refractivity contribution in [3.05, 3.63) is 33.3 Å². The molecule has 0 aliphatic carbocycles. The summed E-state index contributed by atoms with van der Waals surface area (Å²) >= 11 is 3.51. The predicted molar refractivity (Wildman–Crippen MR) is 68.9 cm³/mol. The van der Waals surface area contributed by atoms with Crippen LogP contribution >= 0.6 is 15.9 Å². The van der Waals surface area contributed by atoms with Crippen molar-refractivity contribution in [1.82, 2.24) is 0 Å². The van der Waals surface area contributed by atoms with E-state index in [4.69, 9.17) is 0 Å². The molecule has 0 unspecified atom stereocenters.